The first-order valence-electron chi connectivity index (χ1n) is 6.28. The summed E-state index contributed by atoms with van der Waals surface area (Å²) in [6.07, 6.45) is 4.12. The number of nitro benzene ring substituents is 1. The molecule has 19 heavy (non-hydrogen) atoms. The predicted molar refractivity (Wildman–Crippen MR) is 71.3 cm³/mol. The van der Waals surface area contributed by atoms with Crippen molar-refractivity contribution in [2.24, 2.45) is 0 Å². The molecule has 1 aromatic carbocycles. The van der Waals surface area contributed by atoms with Crippen molar-refractivity contribution in [3.8, 4) is 5.69 Å². The Morgan fingerprint density at radius 3 is 2.84 bits per heavy atom. The number of rotatable bonds is 2. The first-order valence-corrected chi connectivity index (χ1v) is 6.28. The van der Waals surface area contributed by atoms with E-state index in [0.29, 0.717) is 11.5 Å². The van der Waals surface area contributed by atoms with Crippen LogP contribution in [0.1, 0.15) is 24.1 Å². The van der Waals surface area contributed by atoms with Gasteiger partial charge in [0, 0.05) is 17.7 Å². The standard InChI is InChI=1S/C13H14N4O2/c14-13-11-6-1-2-7-12(11)15-16(13)9-4-3-5-10(8-9)17(18)19/h3-5,8H,1-2,6-7,14H2. The quantitative estimate of drug-likeness (QED) is 0.661. The van der Waals surface area contributed by atoms with Crippen LogP contribution in [0.4, 0.5) is 11.5 Å². The molecule has 1 heterocycles. The second kappa shape index (κ2) is 4.38. The number of nitrogens with zero attached hydrogens (tertiary/aromatic N) is 3. The monoisotopic (exact) mass is 258 g/mol. The van der Waals surface area contributed by atoms with Crippen molar-refractivity contribution in [3.63, 3.8) is 0 Å². The number of non-ortho nitro benzene ring substituents is 1. The summed E-state index contributed by atoms with van der Waals surface area (Å²) < 4.78 is 1.61. The second-order valence-electron chi connectivity index (χ2n) is 4.71. The summed E-state index contributed by atoms with van der Waals surface area (Å²) in [7, 11) is 0. The highest BCUT2D eigenvalue weighted by Gasteiger charge is 2.20. The molecule has 98 valence electrons. The Balaban J connectivity index is 2.09. The summed E-state index contributed by atoms with van der Waals surface area (Å²) in [6.45, 7) is 0. The molecular formula is C13H14N4O2. The lowest BCUT2D eigenvalue weighted by Gasteiger charge is -2.08. The van der Waals surface area contributed by atoms with Crippen LogP contribution in [0.25, 0.3) is 5.69 Å². The Morgan fingerprint density at radius 2 is 2.11 bits per heavy atom. The van der Waals surface area contributed by atoms with E-state index in [-0.39, 0.29) is 5.69 Å². The van der Waals surface area contributed by atoms with Gasteiger partial charge in [0.15, 0.2) is 0 Å². The van der Waals surface area contributed by atoms with Crippen LogP contribution < -0.4 is 5.73 Å². The van der Waals surface area contributed by atoms with Crippen LogP contribution in [0.2, 0.25) is 0 Å². The Kier molecular flexibility index (Phi) is 2.70. The van der Waals surface area contributed by atoms with Crippen molar-refractivity contribution < 1.29 is 4.92 Å². The number of anilines is 1. The number of hydrogen-bond acceptors (Lipinski definition) is 4. The fraction of sp³-hybridized carbons (Fsp3) is 0.308. The fourth-order valence-corrected chi connectivity index (χ4v) is 2.51. The number of nitro groups is 1. The van der Waals surface area contributed by atoms with E-state index in [2.05, 4.69) is 5.10 Å². The van der Waals surface area contributed by atoms with E-state index >= 15 is 0 Å². The Morgan fingerprint density at radius 1 is 1.32 bits per heavy atom. The number of aromatic nitrogens is 2. The average Bonchev–Trinajstić information content (AvgIpc) is 2.77. The van der Waals surface area contributed by atoms with Crippen LogP contribution in [0.5, 0.6) is 0 Å². The first-order chi connectivity index (χ1) is 9.16. The highest BCUT2D eigenvalue weighted by Crippen LogP contribution is 2.28. The van der Waals surface area contributed by atoms with Gasteiger partial charge in [-0.05, 0) is 31.7 Å². The maximum atomic E-state index is 10.8. The number of fused-ring (bicyclic) bond motifs is 1. The van der Waals surface area contributed by atoms with Gasteiger partial charge in [-0.2, -0.15) is 5.10 Å². The van der Waals surface area contributed by atoms with E-state index in [1.807, 2.05) is 0 Å². The molecule has 0 unspecified atom stereocenters. The molecule has 0 atom stereocenters. The molecule has 0 bridgehead atoms. The van der Waals surface area contributed by atoms with E-state index in [0.717, 1.165) is 36.9 Å². The molecule has 0 aliphatic heterocycles. The summed E-state index contributed by atoms with van der Waals surface area (Å²) in [5.74, 6) is 0.607. The van der Waals surface area contributed by atoms with Crippen LogP contribution in [0.15, 0.2) is 24.3 Å². The van der Waals surface area contributed by atoms with Crippen molar-refractivity contribution in [1.29, 1.82) is 0 Å². The lowest BCUT2D eigenvalue weighted by molar-refractivity contribution is -0.384. The smallest absolute Gasteiger partial charge is 0.271 e. The average molecular weight is 258 g/mol. The minimum absolute atomic E-state index is 0.0466. The molecule has 0 radical (unpaired) electrons. The zero-order valence-corrected chi connectivity index (χ0v) is 10.4. The normalized spacial score (nSPS) is 14.1. The van der Waals surface area contributed by atoms with Crippen molar-refractivity contribution in [2.75, 3.05) is 5.73 Å². The van der Waals surface area contributed by atoms with Crippen molar-refractivity contribution >= 4 is 11.5 Å². The topological polar surface area (TPSA) is 87.0 Å². The van der Waals surface area contributed by atoms with Gasteiger partial charge in [-0.1, -0.05) is 6.07 Å². The molecule has 1 aliphatic carbocycles. The third-order valence-corrected chi connectivity index (χ3v) is 3.48. The van der Waals surface area contributed by atoms with Crippen LogP contribution in [0.3, 0.4) is 0 Å². The molecule has 6 heteroatoms. The highest BCUT2D eigenvalue weighted by atomic mass is 16.6. The lowest BCUT2D eigenvalue weighted by Crippen LogP contribution is -2.04. The first kappa shape index (κ1) is 11.7. The van der Waals surface area contributed by atoms with E-state index in [9.17, 15) is 10.1 Å². The number of aryl methyl sites for hydroxylation is 1. The molecule has 1 aromatic heterocycles. The van der Waals surface area contributed by atoms with E-state index < -0.39 is 4.92 Å². The largest absolute Gasteiger partial charge is 0.383 e. The van der Waals surface area contributed by atoms with Gasteiger partial charge in [-0.3, -0.25) is 10.1 Å². The molecule has 0 saturated carbocycles. The molecule has 0 saturated heterocycles. The summed E-state index contributed by atoms with van der Waals surface area (Å²) >= 11 is 0. The fourth-order valence-electron chi connectivity index (χ4n) is 2.51. The van der Waals surface area contributed by atoms with Gasteiger partial charge in [0.05, 0.1) is 16.3 Å². The Labute approximate surface area is 110 Å². The molecule has 0 spiro atoms. The van der Waals surface area contributed by atoms with Gasteiger partial charge in [0.1, 0.15) is 5.82 Å². The van der Waals surface area contributed by atoms with Crippen LogP contribution in [-0.2, 0) is 12.8 Å². The van der Waals surface area contributed by atoms with E-state index in [1.165, 1.54) is 12.1 Å². The third kappa shape index (κ3) is 1.95. The molecule has 3 rings (SSSR count). The third-order valence-electron chi connectivity index (χ3n) is 3.48. The van der Waals surface area contributed by atoms with Crippen LogP contribution in [-0.4, -0.2) is 14.7 Å². The van der Waals surface area contributed by atoms with Crippen LogP contribution in [0, 0.1) is 10.1 Å². The number of nitrogen functional groups attached to an aromatic ring is 1. The highest BCUT2D eigenvalue weighted by molar-refractivity contribution is 5.53. The summed E-state index contributed by atoms with van der Waals surface area (Å²) in [6, 6.07) is 6.38. The predicted octanol–water partition coefficient (Wildman–Crippen LogP) is 2.24. The van der Waals surface area contributed by atoms with Gasteiger partial charge < -0.3 is 5.73 Å². The van der Waals surface area contributed by atoms with Gasteiger partial charge in [-0.15, -0.1) is 0 Å². The van der Waals surface area contributed by atoms with Gasteiger partial charge in [0.25, 0.3) is 5.69 Å². The SMILES string of the molecule is Nc1c2c(nn1-c1cccc([N+](=O)[O-])c1)CCCC2. The molecule has 1 aliphatic rings. The number of benzene rings is 1. The van der Waals surface area contributed by atoms with Crippen LogP contribution >= 0.6 is 0 Å². The van der Waals surface area contributed by atoms with Crippen molar-refractivity contribution in [3.05, 3.63) is 45.6 Å². The summed E-state index contributed by atoms with van der Waals surface area (Å²) in [4.78, 5) is 10.4. The molecule has 2 N–H and O–H groups in total. The van der Waals surface area contributed by atoms with Gasteiger partial charge in [0.2, 0.25) is 0 Å². The number of hydrogen-bond donors (Lipinski definition) is 1. The van der Waals surface area contributed by atoms with Crippen molar-refractivity contribution in [2.45, 2.75) is 25.7 Å². The second-order valence-corrected chi connectivity index (χ2v) is 4.71. The minimum Gasteiger partial charge on any atom is -0.383 e. The zero-order chi connectivity index (χ0) is 13.4. The zero-order valence-electron chi connectivity index (χ0n) is 10.4. The van der Waals surface area contributed by atoms with E-state index in [4.69, 9.17) is 5.73 Å². The number of nitrogens with two attached hydrogens (primary N) is 1. The molecular weight excluding hydrogens is 244 g/mol. The van der Waals surface area contributed by atoms with Gasteiger partial charge in [-0.25, -0.2) is 4.68 Å². The minimum atomic E-state index is -0.414. The maximum absolute atomic E-state index is 10.8. The lowest BCUT2D eigenvalue weighted by atomic mass is 9.98. The molecule has 2 aromatic rings. The Hall–Kier alpha value is -2.37. The van der Waals surface area contributed by atoms with Gasteiger partial charge >= 0.3 is 0 Å². The Bertz CT molecular complexity index is 648. The molecule has 0 amide bonds. The maximum Gasteiger partial charge on any atom is 0.271 e. The molecule has 6 nitrogen and oxygen atoms in total. The summed E-state index contributed by atoms with van der Waals surface area (Å²) in [5, 5.41) is 15.3. The van der Waals surface area contributed by atoms with E-state index in [1.54, 1.807) is 16.8 Å². The molecule has 0 fully saturated rings. The van der Waals surface area contributed by atoms with Crippen molar-refractivity contribution in [1.82, 2.24) is 9.78 Å². The summed E-state index contributed by atoms with van der Waals surface area (Å²) in [5.41, 5.74) is 8.92.